The summed E-state index contributed by atoms with van der Waals surface area (Å²) in [5.74, 6) is -0.0756. The average Bonchev–Trinajstić information content (AvgIpc) is 2.26. The molecule has 0 saturated carbocycles. The Hall–Kier alpha value is -0.570. The molecule has 0 saturated heterocycles. The van der Waals surface area contributed by atoms with E-state index in [4.69, 9.17) is 4.74 Å². The predicted octanol–water partition coefficient (Wildman–Crippen LogP) is 2.40. The van der Waals surface area contributed by atoms with Gasteiger partial charge in [-0.1, -0.05) is 27.7 Å². The van der Waals surface area contributed by atoms with Gasteiger partial charge in [0, 0.05) is 11.8 Å². The highest BCUT2D eigenvalue weighted by Crippen LogP contribution is 2.38. The molecular formula is C14H30NO2+. The molecule has 0 aromatic heterocycles. The lowest BCUT2D eigenvalue weighted by molar-refractivity contribution is -0.393. The molecule has 0 aliphatic rings. The van der Waals surface area contributed by atoms with E-state index in [-0.39, 0.29) is 16.8 Å². The molecule has 0 spiro atoms. The molecule has 102 valence electrons. The summed E-state index contributed by atoms with van der Waals surface area (Å²) in [7, 11) is 0. The minimum absolute atomic E-state index is 0.0756. The van der Waals surface area contributed by atoms with Crippen molar-refractivity contribution in [2.24, 2.45) is 10.8 Å². The first kappa shape index (κ1) is 16.4. The number of hydrogen-bond acceptors (Lipinski definition) is 2. The van der Waals surface area contributed by atoms with Crippen LogP contribution in [0, 0.1) is 10.8 Å². The Morgan fingerprint density at radius 2 is 1.82 bits per heavy atom. The molecule has 0 aliphatic carbocycles. The van der Waals surface area contributed by atoms with Crippen molar-refractivity contribution < 1.29 is 15.3 Å². The monoisotopic (exact) mass is 244 g/mol. The van der Waals surface area contributed by atoms with Gasteiger partial charge in [0.1, 0.15) is 0 Å². The van der Waals surface area contributed by atoms with Crippen molar-refractivity contribution in [1.82, 2.24) is 0 Å². The van der Waals surface area contributed by atoms with Gasteiger partial charge in [0.2, 0.25) is 0 Å². The standard InChI is InChI=1S/C14H29NO2/c1-6-14(5,11-15)10-13(3,4)9-8-12(16)17-7-2/h6-11,15H2,1-5H3/p+1. The van der Waals surface area contributed by atoms with Crippen molar-refractivity contribution in [2.45, 2.75) is 60.3 Å². The van der Waals surface area contributed by atoms with Crippen molar-refractivity contribution in [2.75, 3.05) is 13.2 Å². The molecule has 0 bridgehead atoms. The van der Waals surface area contributed by atoms with Crippen LogP contribution in [0.25, 0.3) is 0 Å². The Labute approximate surface area is 106 Å². The zero-order valence-electron chi connectivity index (χ0n) is 12.3. The Balaban J connectivity index is 4.24. The van der Waals surface area contributed by atoms with E-state index >= 15 is 0 Å². The maximum absolute atomic E-state index is 11.4. The fraction of sp³-hybridized carbons (Fsp3) is 0.929. The molecule has 17 heavy (non-hydrogen) atoms. The van der Waals surface area contributed by atoms with Crippen molar-refractivity contribution in [3.8, 4) is 0 Å². The summed E-state index contributed by atoms with van der Waals surface area (Å²) in [5, 5.41) is 0. The fourth-order valence-electron chi connectivity index (χ4n) is 2.31. The number of carbonyl (C=O) groups is 1. The summed E-state index contributed by atoms with van der Waals surface area (Å²) in [6.45, 7) is 12.2. The van der Waals surface area contributed by atoms with Gasteiger partial charge in [-0.05, 0) is 31.6 Å². The average molecular weight is 244 g/mol. The van der Waals surface area contributed by atoms with Gasteiger partial charge in [0.25, 0.3) is 0 Å². The van der Waals surface area contributed by atoms with Crippen molar-refractivity contribution in [1.29, 1.82) is 0 Å². The number of hydrogen-bond donors (Lipinski definition) is 1. The number of ether oxygens (including phenoxy) is 1. The molecule has 0 aromatic rings. The lowest BCUT2D eigenvalue weighted by atomic mass is 9.70. The van der Waals surface area contributed by atoms with Crippen LogP contribution in [0.5, 0.6) is 0 Å². The summed E-state index contributed by atoms with van der Waals surface area (Å²) in [4.78, 5) is 11.4. The summed E-state index contributed by atoms with van der Waals surface area (Å²) in [6, 6.07) is 0. The van der Waals surface area contributed by atoms with Gasteiger partial charge in [0.05, 0.1) is 13.2 Å². The smallest absolute Gasteiger partial charge is 0.305 e. The van der Waals surface area contributed by atoms with Crippen LogP contribution in [0.3, 0.4) is 0 Å². The topological polar surface area (TPSA) is 53.9 Å². The Morgan fingerprint density at radius 1 is 1.24 bits per heavy atom. The summed E-state index contributed by atoms with van der Waals surface area (Å²) in [6.07, 6.45) is 3.66. The second kappa shape index (κ2) is 7.00. The lowest BCUT2D eigenvalue weighted by Crippen LogP contribution is -2.58. The largest absolute Gasteiger partial charge is 0.466 e. The van der Waals surface area contributed by atoms with Crippen LogP contribution in [0.15, 0.2) is 0 Å². The van der Waals surface area contributed by atoms with Gasteiger partial charge < -0.3 is 10.5 Å². The minimum atomic E-state index is -0.0756. The third-order valence-electron chi connectivity index (χ3n) is 3.67. The molecule has 0 heterocycles. The normalized spacial score (nSPS) is 15.4. The van der Waals surface area contributed by atoms with Crippen LogP contribution in [-0.4, -0.2) is 19.1 Å². The maximum atomic E-state index is 11.4. The molecule has 1 unspecified atom stereocenters. The van der Waals surface area contributed by atoms with E-state index in [9.17, 15) is 4.79 Å². The first-order valence-electron chi connectivity index (χ1n) is 6.73. The van der Waals surface area contributed by atoms with E-state index < -0.39 is 0 Å². The van der Waals surface area contributed by atoms with Crippen molar-refractivity contribution in [3.63, 3.8) is 0 Å². The Kier molecular flexibility index (Phi) is 6.76. The highest BCUT2D eigenvalue weighted by molar-refractivity contribution is 5.69. The first-order chi connectivity index (χ1) is 7.78. The summed E-state index contributed by atoms with van der Waals surface area (Å²) < 4.78 is 4.97. The molecule has 0 rings (SSSR count). The molecule has 0 radical (unpaired) electrons. The van der Waals surface area contributed by atoms with Crippen LogP contribution in [-0.2, 0) is 9.53 Å². The van der Waals surface area contributed by atoms with Gasteiger partial charge >= 0.3 is 5.97 Å². The van der Waals surface area contributed by atoms with E-state index in [1.54, 1.807) is 0 Å². The minimum Gasteiger partial charge on any atom is -0.466 e. The third kappa shape index (κ3) is 6.67. The molecule has 0 fully saturated rings. The van der Waals surface area contributed by atoms with Crippen molar-refractivity contribution in [3.05, 3.63) is 0 Å². The molecule has 1 atom stereocenters. The van der Waals surface area contributed by atoms with E-state index in [1.165, 1.54) is 0 Å². The zero-order valence-corrected chi connectivity index (χ0v) is 12.3. The highest BCUT2D eigenvalue weighted by Gasteiger charge is 2.31. The van der Waals surface area contributed by atoms with Gasteiger partial charge in [-0.25, -0.2) is 0 Å². The zero-order chi connectivity index (χ0) is 13.5. The SMILES string of the molecule is CCOC(=O)CCC(C)(C)CC(C)(CC)C[NH3+]. The van der Waals surface area contributed by atoms with E-state index in [2.05, 4.69) is 33.4 Å². The molecule has 3 heteroatoms. The van der Waals surface area contributed by atoms with Crippen molar-refractivity contribution >= 4 is 5.97 Å². The van der Waals surface area contributed by atoms with Crippen LogP contribution in [0.1, 0.15) is 60.3 Å². The molecule has 0 aliphatic heterocycles. The highest BCUT2D eigenvalue weighted by atomic mass is 16.5. The quantitative estimate of drug-likeness (QED) is 0.667. The summed E-state index contributed by atoms with van der Waals surface area (Å²) >= 11 is 0. The molecule has 0 amide bonds. The molecule has 0 aromatic carbocycles. The molecule has 3 N–H and O–H groups in total. The number of carbonyl (C=O) groups excluding carboxylic acids is 1. The summed E-state index contributed by atoms with van der Waals surface area (Å²) in [5.41, 5.74) is 4.51. The second-order valence-electron chi connectivity index (χ2n) is 6.06. The van der Waals surface area contributed by atoms with Crippen LogP contribution in [0.4, 0.5) is 0 Å². The Bertz CT molecular complexity index is 232. The van der Waals surface area contributed by atoms with E-state index in [0.717, 1.165) is 25.8 Å². The van der Waals surface area contributed by atoms with Crippen LogP contribution < -0.4 is 5.73 Å². The predicted molar refractivity (Wildman–Crippen MR) is 70.4 cm³/mol. The molecular weight excluding hydrogens is 214 g/mol. The Morgan fingerprint density at radius 3 is 2.24 bits per heavy atom. The van der Waals surface area contributed by atoms with Crippen LogP contribution >= 0.6 is 0 Å². The maximum Gasteiger partial charge on any atom is 0.305 e. The lowest BCUT2D eigenvalue weighted by Gasteiger charge is -2.34. The second-order valence-corrected chi connectivity index (χ2v) is 6.06. The number of esters is 1. The first-order valence-corrected chi connectivity index (χ1v) is 6.73. The number of rotatable bonds is 8. The number of quaternary nitrogens is 1. The fourth-order valence-corrected chi connectivity index (χ4v) is 2.31. The van der Waals surface area contributed by atoms with E-state index in [0.29, 0.717) is 13.0 Å². The van der Waals surface area contributed by atoms with E-state index in [1.807, 2.05) is 6.92 Å². The van der Waals surface area contributed by atoms with Gasteiger partial charge in [-0.3, -0.25) is 4.79 Å². The van der Waals surface area contributed by atoms with Gasteiger partial charge in [0.15, 0.2) is 0 Å². The van der Waals surface area contributed by atoms with Crippen LogP contribution in [0.2, 0.25) is 0 Å². The molecule has 3 nitrogen and oxygen atoms in total. The van der Waals surface area contributed by atoms with Gasteiger partial charge in [-0.2, -0.15) is 0 Å². The van der Waals surface area contributed by atoms with Gasteiger partial charge in [-0.15, -0.1) is 0 Å². The third-order valence-corrected chi connectivity index (χ3v) is 3.67.